The summed E-state index contributed by atoms with van der Waals surface area (Å²) in [6, 6.07) is 1.74. The summed E-state index contributed by atoms with van der Waals surface area (Å²) < 4.78 is 0. The summed E-state index contributed by atoms with van der Waals surface area (Å²) >= 11 is 0. The van der Waals surface area contributed by atoms with Crippen molar-refractivity contribution in [2.24, 2.45) is 11.7 Å². The van der Waals surface area contributed by atoms with Crippen molar-refractivity contribution in [2.45, 2.75) is 20.8 Å². The zero-order valence-electron chi connectivity index (χ0n) is 11.6. The highest BCUT2D eigenvalue weighted by molar-refractivity contribution is 5.99. The number of aryl methyl sites for hydroxylation is 2. The molecule has 0 bridgehead atoms. The molecule has 6 heteroatoms. The maximum absolute atomic E-state index is 11.5. The van der Waals surface area contributed by atoms with Gasteiger partial charge in [-0.2, -0.15) is 0 Å². The number of carbonyl (C=O) groups excluding carboxylic acids is 1. The molecule has 0 radical (unpaired) electrons. The van der Waals surface area contributed by atoms with Crippen LogP contribution in [0.15, 0.2) is 6.07 Å². The number of aromatic nitrogens is 1. The van der Waals surface area contributed by atoms with Gasteiger partial charge in [0.1, 0.15) is 0 Å². The summed E-state index contributed by atoms with van der Waals surface area (Å²) in [4.78, 5) is 28.3. The Bertz CT molecular complexity index is 514. The Kier molecular flexibility index (Phi) is 4.47. The van der Waals surface area contributed by atoms with Crippen LogP contribution in [0.1, 0.15) is 28.7 Å². The number of aliphatic carboxylic acids is 1. The third kappa shape index (κ3) is 3.43. The lowest BCUT2D eigenvalue weighted by Gasteiger charge is -2.24. The highest BCUT2D eigenvalue weighted by Gasteiger charge is 2.20. The lowest BCUT2D eigenvalue weighted by atomic mass is 10.1. The van der Waals surface area contributed by atoms with Crippen LogP contribution >= 0.6 is 0 Å². The Balaban J connectivity index is 3.18. The summed E-state index contributed by atoms with van der Waals surface area (Å²) in [6.07, 6.45) is 0. The number of carboxylic acids is 1. The first kappa shape index (κ1) is 14.9. The van der Waals surface area contributed by atoms with Crippen LogP contribution in [0.3, 0.4) is 0 Å². The van der Waals surface area contributed by atoms with Gasteiger partial charge in [0.15, 0.2) is 0 Å². The van der Waals surface area contributed by atoms with Gasteiger partial charge in [-0.15, -0.1) is 0 Å². The second-order valence-electron chi connectivity index (χ2n) is 4.73. The first-order valence-corrected chi connectivity index (χ1v) is 5.96. The van der Waals surface area contributed by atoms with Gasteiger partial charge in [0.25, 0.3) is 5.91 Å². The molecular formula is C13H19N3O3. The van der Waals surface area contributed by atoms with Crippen LogP contribution in [-0.4, -0.2) is 35.6 Å². The van der Waals surface area contributed by atoms with E-state index in [1.54, 1.807) is 31.9 Å². The highest BCUT2D eigenvalue weighted by Crippen LogP contribution is 2.23. The fourth-order valence-electron chi connectivity index (χ4n) is 2.00. The molecule has 1 amide bonds. The molecule has 0 saturated heterocycles. The van der Waals surface area contributed by atoms with Crippen molar-refractivity contribution < 1.29 is 14.7 Å². The Morgan fingerprint density at radius 1 is 1.47 bits per heavy atom. The minimum Gasteiger partial charge on any atom is -0.481 e. The van der Waals surface area contributed by atoms with E-state index in [0.29, 0.717) is 23.5 Å². The number of primary amides is 1. The van der Waals surface area contributed by atoms with Gasteiger partial charge >= 0.3 is 5.97 Å². The Hall–Kier alpha value is -2.11. The van der Waals surface area contributed by atoms with Gasteiger partial charge in [-0.1, -0.05) is 6.92 Å². The largest absolute Gasteiger partial charge is 0.481 e. The molecule has 0 aliphatic rings. The van der Waals surface area contributed by atoms with E-state index in [1.807, 2.05) is 6.92 Å². The van der Waals surface area contributed by atoms with Crippen molar-refractivity contribution in [3.63, 3.8) is 0 Å². The number of nitrogens with two attached hydrogens (primary N) is 1. The number of anilines is 1. The monoisotopic (exact) mass is 265 g/mol. The first-order valence-electron chi connectivity index (χ1n) is 5.96. The average Bonchev–Trinajstić information content (AvgIpc) is 2.26. The first-order chi connectivity index (χ1) is 8.73. The molecule has 6 nitrogen and oxygen atoms in total. The number of pyridine rings is 1. The van der Waals surface area contributed by atoms with E-state index in [1.165, 1.54) is 0 Å². The second-order valence-corrected chi connectivity index (χ2v) is 4.73. The number of hydrogen-bond acceptors (Lipinski definition) is 4. The van der Waals surface area contributed by atoms with Gasteiger partial charge in [-0.3, -0.25) is 14.6 Å². The molecular weight excluding hydrogens is 246 g/mol. The van der Waals surface area contributed by atoms with Crippen LogP contribution in [0.4, 0.5) is 5.69 Å². The normalized spacial score (nSPS) is 12.0. The van der Waals surface area contributed by atoms with Crippen molar-refractivity contribution in [3.8, 4) is 0 Å². The molecule has 1 rings (SSSR count). The fraction of sp³-hybridized carbons (Fsp3) is 0.462. The molecule has 0 aromatic carbocycles. The zero-order valence-corrected chi connectivity index (χ0v) is 11.6. The van der Waals surface area contributed by atoms with Crippen LogP contribution < -0.4 is 10.6 Å². The fourth-order valence-corrected chi connectivity index (χ4v) is 2.00. The molecule has 0 aliphatic heterocycles. The lowest BCUT2D eigenvalue weighted by molar-refractivity contribution is -0.140. The maximum Gasteiger partial charge on any atom is 0.308 e. The summed E-state index contributed by atoms with van der Waals surface area (Å²) in [5.41, 5.74) is 7.64. The van der Waals surface area contributed by atoms with Crippen molar-refractivity contribution in [2.75, 3.05) is 18.5 Å². The molecule has 0 fully saturated rings. The van der Waals surface area contributed by atoms with E-state index in [4.69, 9.17) is 10.8 Å². The molecule has 1 atom stereocenters. The number of hydrogen-bond donors (Lipinski definition) is 2. The van der Waals surface area contributed by atoms with Gasteiger partial charge in [-0.05, 0) is 19.9 Å². The maximum atomic E-state index is 11.5. The minimum absolute atomic E-state index is 0.290. The van der Waals surface area contributed by atoms with Crippen molar-refractivity contribution in [1.29, 1.82) is 0 Å². The van der Waals surface area contributed by atoms with Gasteiger partial charge in [0.2, 0.25) is 0 Å². The molecule has 1 aromatic rings. The average molecular weight is 265 g/mol. The second kappa shape index (κ2) is 5.69. The van der Waals surface area contributed by atoms with Gasteiger partial charge in [0, 0.05) is 19.3 Å². The van der Waals surface area contributed by atoms with Gasteiger partial charge in [0.05, 0.1) is 22.9 Å². The van der Waals surface area contributed by atoms with Gasteiger partial charge in [-0.25, -0.2) is 0 Å². The summed E-state index contributed by atoms with van der Waals surface area (Å²) in [7, 11) is 1.74. The quantitative estimate of drug-likeness (QED) is 0.826. The molecule has 104 valence electrons. The predicted molar refractivity (Wildman–Crippen MR) is 72.3 cm³/mol. The van der Waals surface area contributed by atoms with E-state index in [9.17, 15) is 9.59 Å². The molecule has 1 aromatic heterocycles. The summed E-state index contributed by atoms with van der Waals surface area (Å²) in [5.74, 6) is -1.98. The van der Waals surface area contributed by atoms with Crippen LogP contribution in [-0.2, 0) is 4.79 Å². The number of rotatable bonds is 5. The van der Waals surface area contributed by atoms with Crippen LogP contribution in [0.5, 0.6) is 0 Å². The van der Waals surface area contributed by atoms with Crippen molar-refractivity contribution in [1.82, 2.24) is 4.98 Å². The number of carboxylic acid groups (broad SMARTS) is 1. The molecule has 1 unspecified atom stereocenters. The Labute approximate surface area is 112 Å². The predicted octanol–water partition coefficient (Wildman–Crippen LogP) is 0.954. The van der Waals surface area contributed by atoms with E-state index >= 15 is 0 Å². The molecule has 1 heterocycles. The van der Waals surface area contributed by atoms with E-state index < -0.39 is 17.8 Å². The molecule has 0 spiro atoms. The van der Waals surface area contributed by atoms with Crippen molar-refractivity contribution >= 4 is 17.6 Å². The third-order valence-electron chi connectivity index (χ3n) is 2.93. The molecule has 0 aliphatic carbocycles. The highest BCUT2D eigenvalue weighted by atomic mass is 16.4. The lowest BCUT2D eigenvalue weighted by Crippen LogP contribution is -2.31. The third-order valence-corrected chi connectivity index (χ3v) is 2.93. The Morgan fingerprint density at radius 2 is 2.05 bits per heavy atom. The van der Waals surface area contributed by atoms with Gasteiger partial charge < -0.3 is 15.7 Å². The number of carbonyl (C=O) groups is 2. The van der Waals surface area contributed by atoms with Crippen molar-refractivity contribution in [3.05, 3.63) is 23.0 Å². The summed E-state index contributed by atoms with van der Waals surface area (Å²) in [6.45, 7) is 5.43. The van der Waals surface area contributed by atoms with Crippen LogP contribution in [0, 0.1) is 19.8 Å². The SMILES string of the molecule is Cc1cc(N(C)CC(C)C(=O)O)c(C(N)=O)c(C)n1. The minimum atomic E-state index is -0.880. The van der Waals surface area contributed by atoms with E-state index in [-0.39, 0.29) is 0 Å². The molecule has 19 heavy (non-hydrogen) atoms. The molecule has 3 N–H and O–H groups in total. The zero-order chi connectivity index (χ0) is 14.7. The van der Waals surface area contributed by atoms with Crippen LogP contribution in [0.2, 0.25) is 0 Å². The van der Waals surface area contributed by atoms with E-state index in [2.05, 4.69) is 4.98 Å². The topological polar surface area (TPSA) is 96.5 Å². The standard InChI is InChI=1S/C13H19N3O3/c1-7(13(18)19)6-16(4)10-5-8(2)15-9(3)11(10)12(14)17/h5,7H,6H2,1-4H3,(H2,14,17)(H,18,19). The molecule has 0 saturated carbocycles. The Morgan fingerprint density at radius 3 is 2.53 bits per heavy atom. The smallest absolute Gasteiger partial charge is 0.308 e. The van der Waals surface area contributed by atoms with Crippen LogP contribution in [0.25, 0.3) is 0 Å². The van der Waals surface area contributed by atoms with E-state index in [0.717, 1.165) is 5.69 Å². The number of nitrogens with zero attached hydrogens (tertiary/aromatic N) is 2. The summed E-state index contributed by atoms with van der Waals surface area (Å²) in [5, 5.41) is 8.93. The number of amides is 1.